The SMILES string of the molecule is CCC(CC=CCC=CC(C)(C)O)O[Si](CC)(CC)CC. The first kappa shape index (κ1) is 20.6. The van der Waals surface area contributed by atoms with E-state index in [9.17, 15) is 5.11 Å². The van der Waals surface area contributed by atoms with Crippen LogP contribution in [0.25, 0.3) is 0 Å². The van der Waals surface area contributed by atoms with Crippen molar-refractivity contribution in [3.63, 3.8) is 0 Å². The second-order valence-corrected chi connectivity index (χ2v) is 11.1. The molecule has 3 heteroatoms. The molecule has 0 bridgehead atoms. The van der Waals surface area contributed by atoms with Gasteiger partial charge < -0.3 is 9.53 Å². The van der Waals surface area contributed by atoms with Gasteiger partial charge in [0.25, 0.3) is 0 Å². The van der Waals surface area contributed by atoms with E-state index in [2.05, 4.69) is 39.8 Å². The summed E-state index contributed by atoms with van der Waals surface area (Å²) in [6.07, 6.45) is 11.6. The van der Waals surface area contributed by atoms with Gasteiger partial charge in [0.1, 0.15) is 0 Å². The molecule has 1 unspecified atom stereocenters. The summed E-state index contributed by atoms with van der Waals surface area (Å²) in [5.41, 5.74) is -0.711. The minimum atomic E-state index is -1.48. The third kappa shape index (κ3) is 9.28. The molecule has 0 aromatic rings. The number of hydrogen-bond donors (Lipinski definition) is 1. The van der Waals surface area contributed by atoms with E-state index in [0.29, 0.717) is 6.10 Å². The van der Waals surface area contributed by atoms with Crippen LogP contribution in [0, 0.1) is 0 Å². The van der Waals surface area contributed by atoms with E-state index in [-0.39, 0.29) is 0 Å². The van der Waals surface area contributed by atoms with E-state index in [0.717, 1.165) is 19.3 Å². The minimum absolute atomic E-state index is 0.367. The van der Waals surface area contributed by atoms with E-state index in [1.165, 1.54) is 18.1 Å². The maximum absolute atomic E-state index is 9.58. The molecule has 124 valence electrons. The number of rotatable bonds is 11. The summed E-state index contributed by atoms with van der Waals surface area (Å²) in [4.78, 5) is 0. The van der Waals surface area contributed by atoms with Crippen LogP contribution in [0.15, 0.2) is 24.3 Å². The first-order valence-electron chi connectivity index (χ1n) is 8.55. The Labute approximate surface area is 133 Å². The zero-order valence-corrected chi connectivity index (χ0v) is 16.0. The monoisotopic (exact) mass is 312 g/mol. The van der Waals surface area contributed by atoms with Crippen molar-refractivity contribution in [2.24, 2.45) is 0 Å². The van der Waals surface area contributed by atoms with Crippen molar-refractivity contribution in [2.45, 2.75) is 90.6 Å². The van der Waals surface area contributed by atoms with Crippen LogP contribution < -0.4 is 0 Å². The lowest BCUT2D eigenvalue weighted by Crippen LogP contribution is -2.39. The lowest BCUT2D eigenvalue weighted by molar-refractivity contribution is 0.133. The van der Waals surface area contributed by atoms with E-state index in [1.807, 2.05) is 12.2 Å². The average molecular weight is 313 g/mol. The van der Waals surface area contributed by atoms with E-state index in [4.69, 9.17) is 4.43 Å². The second-order valence-electron chi connectivity index (χ2n) is 6.39. The predicted molar refractivity (Wildman–Crippen MR) is 96.2 cm³/mol. The van der Waals surface area contributed by atoms with Gasteiger partial charge in [0.15, 0.2) is 8.32 Å². The summed E-state index contributed by atoms with van der Waals surface area (Å²) >= 11 is 0. The fraction of sp³-hybridized carbons (Fsp3) is 0.778. The summed E-state index contributed by atoms with van der Waals surface area (Å²) in [6.45, 7) is 12.6. The molecule has 0 fully saturated rings. The van der Waals surface area contributed by atoms with Gasteiger partial charge >= 0.3 is 0 Å². The van der Waals surface area contributed by atoms with E-state index < -0.39 is 13.9 Å². The molecule has 0 amide bonds. The third-order valence-corrected chi connectivity index (χ3v) is 8.87. The summed E-state index contributed by atoms with van der Waals surface area (Å²) < 4.78 is 6.53. The molecule has 0 aliphatic rings. The van der Waals surface area contributed by atoms with Crippen molar-refractivity contribution in [2.75, 3.05) is 0 Å². The summed E-state index contributed by atoms with van der Waals surface area (Å²) in [5, 5.41) is 9.58. The molecule has 0 saturated heterocycles. The Balaban J connectivity index is 4.30. The Hall–Kier alpha value is -0.383. The molecule has 0 aromatic heterocycles. The van der Waals surface area contributed by atoms with Gasteiger partial charge in [0.05, 0.1) is 5.60 Å². The molecule has 0 aliphatic carbocycles. The summed E-state index contributed by atoms with van der Waals surface area (Å²) in [7, 11) is -1.48. The Bertz CT molecular complexity index is 303. The molecule has 0 spiro atoms. The molecule has 0 radical (unpaired) electrons. The highest BCUT2D eigenvalue weighted by atomic mass is 28.4. The maximum Gasteiger partial charge on any atom is 0.192 e. The molecule has 2 nitrogen and oxygen atoms in total. The zero-order chi connectivity index (χ0) is 16.4. The largest absolute Gasteiger partial charge is 0.414 e. The van der Waals surface area contributed by atoms with Crippen molar-refractivity contribution in [3.05, 3.63) is 24.3 Å². The molecule has 0 aromatic carbocycles. The van der Waals surface area contributed by atoms with Crippen LogP contribution in [-0.4, -0.2) is 25.1 Å². The lowest BCUT2D eigenvalue weighted by atomic mass is 10.1. The highest BCUT2D eigenvalue weighted by Gasteiger charge is 2.30. The fourth-order valence-electron chi connectivity index (χ4n) is 2.43. The fourth-order valence-corrected chi connectivity index (χ4v) is 5.40. The number of hydrogen-bond acceptors (Lipinski definition) is 2. The molecule has 0 aliphatic heterocycles. The first-order chi connectivity index (χ1) is 9.82. The Morgan fingerprint density at radius 3 is 2.00 bits per heavy atom. The smallest absolute Gasteiger partial charge is 0.192 e. The van der Waals surface area contributed by atoms with Gasteiger partial charge in [-0.3, -0.25) is 0 Å². The van der Waals surface area contributed by atoms with E-state index >= 15 is 0 Å². The summed E-state index contributed by atoms with van der Waals surface area (Å²) in [6, 6.07) is 3.65. The molecule has 21 heavy (non-hydrogen) atoms. The molecular formula is C18H36O2Si. The van der Waals surface area contributed by atoms with Crippen LogP contribution in [0.3, 0.4) is 0 Å². The number of aliphatic hydroxyl groups is 1. The Kier molecular flexibility index (Phi) is 10.2. The van der Waals surface area contributed by atoms with Gasteiger partial charge in [0, 0.05) is 6.10 Å². The van der Waals surface area contributed by atoms with Crippen LogP contribution in [0.2, 0.25) is 18.1 Å². The highest BCUT2D eigenvalue weighted by molar-refractivity contribution is 6.73. The first-order valence-corrected chi connectivity index (χ1v) is 11.1. The zero-order valence-electron chi connectivity index (χ0n) is 15.0. The third-order valence-electron chi connectivity index (χ3n) is 4.17. The molecule has 1 N–H and O–H groups in total. The Morgan fingerprint density at radius 2 is 1.57 bits per heavy atom. The van der Waals surface area contributed by atoms with Crippen LogP contribution >= 0.6 is 0 Å². The van der Waals surface area contributed by atoms with Gasteiger partial charge in [-0.1, -0.05) is 52.0 Å². The minimum Gasteiger partial charge on any atom is -0.414 e. The van der Waals surface area contributed by atoms with Gasteiger partial charge in [-0.05, 0) is 51.2 Å². The average Bonchev–Trinajstić information content (AvgIpc) is 2.45. The van der Waals surface area contributed by atoms with Crippen LogP contribution in [0.4, 0.5) is 0 Å². The van der Waals surface area contributed by atoms with Crippen LogP contribution in [0.1, 0.15) is 60.8 Å². The van der Waals surface area contributed by atoms with Crippen molar-refractivity contribution in [1.82, 2.24) is 0 Å². The van der Waals surface area contributed by atoms with Crippen LogP contribution in [0.5, 0.6) is 0 Å². The van der Waals surface area contributed by atoms with E-state index in [1.54, 1.807) is 13.8 Å². The second kappa shape index (κ2) is 10.4. The molecule has 0 heterocycles. The Morgan fingerprint density at radius 1 is 1.00 bits per heavy atom. The molecule has 1 atom stereocenters. The summed E-state index contributed by atoms with van der Waals surface area (Å²) in [5.74, 6) is 0. The molecular weight excluding hydrogens is 276 g/mol. The van der Waals surface area contributed by atoms with Crippen molar-refractivity contribution >= 4 is 8.32 Å². The predicted octanol–water partition coefficient (Wildman–Crippen LogP) is 5.45. The van der Waals surface area contributed by atoms with Crippen molar-refractivity contribution < 1.29 is 9.53 Å². The normalized spacial score (nSPS) is 15.2. The van der Waals surface area contributed by atoms with Crippen LogP contribution in [-0.2, 0) is 4.43 Å². The number of allylic oxidation sites excluding steroid dienone is 2. The lowest BCUT2D eigenvalue weighted by Gasteiger charge is -2.32. The maximum atomic E-state index is 9.58. The van der Waals surface area contributed by atoms with Crippen molar-refractivity contribution in [3.8, 4) is 0 Å². The molecule has 0 saturated carbocycles. The van der Waals surface area contributed by atoms with Gasteiger partial charge in [0.2, 0.25) is 0 Å². The van der Waals surface area contributed by atoms with Gasteiger partial charge in [-0.2, -0.15) is 0 Å². The van der Waals surface area contributed by atoms with Crippen molar-refractivity contribution in [1.29, 1.82) is 0 Å². The molecule has 0 rings (SSSR count). The standard InChI is InChI=1S/C18H36O2Si/c1-7-17(20-21(8-2,9-3)10-4)15-13-11-12-14-16-18(5,6)19/h11,13-14,16-17,19H,7-10,12,15H2,1-6H3. The quantitative estimate of drug-likeness (QED) is 0.406. The highest BCUT2D eigenvalue weighted by Crippen LogP contribution is 2.25. The topological polar surface area (TPSA) is 29.5 Å². The van der Waals surface area contributed by atoms with Gasteiger partial charge in [-0.15, -0.1) is 0 Å². The van der Waals surface area contributed by atoms with Gasteiger partial charge in [-0.25, -0.2) is 0 Å².